The molecule has 2 aromatic heterocycles. The van der Waals surface area contributed by atoms with E-state index in [1.165, 1.54) is 39.2 Å². The molecular formula is C24H29N5O3. The van der Waals surface area contributed by atoms with Gasteiger partial charge in [0.2, 0.25) is 0 Å². The number of esters is 1. The van der Waals surface area contributed by atoms with Gasteiger partial charge in [-0.3, -0.25) is 14.5 Å². The van der Waals surface area contributed by atoms with Crippen LogP contribution in [-0.2, 0) is 16.1 Å². The van der Waals surface area contributed by atoms with Crippen LogP contribution in [0.1, 0.15) is 44.3 Å². The third-order valence-corrected chi connectivity index (χ3v) is 7.07. The van der Waals surface area contributed by atoms with Gasteiger partial charge in [-0.1, -0.05) is 50.3 Å². The Morgan fingerprint density at radius 1 is 1.16 bits per heavy atom. The number of ether oxygens (including phenoxy) is 1. The molecule has 0 radical (unpaired) electrons. The molecule has 32 heavy (non-hydrogen) atoms. The Balaban J connectivity index is 1.44. The first kappa shape index (κ1) is 20.9. The van der Waals surface area contributed by atoms with Crippen molar-refractivity contribution in [2.75, 3.05) is 13.7 Å². The largest absolute Gasteiger partial charge is 0.468 e. The normalized spacial score (nSPS) is 22.4. The van der Waals surface area contributed by atoms with Crippen molar-refractivity contribution in [1.29, 1.82) is 0 Å². The highest BCUT2D eigenvalue weighted by Crippen LogP contribution is 2.38. The quantitative estimate of drug-likeness (QED) is 0.619. The van der Waals surface area contributed by atoms with Crippen molar-refractivity contribution in [3.63, 3.8) is 0 Å². The van der Waals surface area contributed by atoms with E-state index < -0.39 is 0 Å². The number of aromatic amines is 1. The van der Waals surface area contributed by atoms with Crippen LogP contribution >= 0.6 is 0 Å². The molecule has 0 bridgehead atoms. The molecule has 1 aliphatic carbocycles. The molecule has 0 amide bonds. The van der Waals surface area contributed by atoms with E-state index in [2.05, 4.69) is 15.0 Å². The first-order chi connectivity index (χ1) is 15.6. The van der Waals surface area contributed by atoms with Gasteiger partial charge in [0.1, 0.15) is 17.3 Å². The lowest BCUT2D eigenvalue weighted by atomic mass is 9.79. The maximum absolute atomic E-state index is 12.7. The molecular weight excluding hydrogens is 406 g/mol. The zero-order chi connectivity index (χ0) is 22.1. The fourth-order valence-electron chi connectivity index (χ4n) is 5.43. The maximum Gasteiger partial charge on any atom is 0.323 e. The Labute approximate surface area is 186 Å². The monoisotopic (exact) mass is 435 g/mol. The van der Waals surface area contributed by atoms with Crippen LogP contribution in [-0.4, -0.2) is 50.3 Å². The molecule has 2 fully saturated rings. The second-order valence-corrected chi connectivity index (χ2v) is 9.00. The summed E-state index contributed by atoms with van der Waals surface area (Å²) in [6, 6.07) is 9.34. The summed E-state index contributed by atoms with van der Waals surface area (Å²) >= 11 is 0. The molecule has 1 N–H and O–H groups in total. The van der Waals surface area contributed by atoms with Crippen molar-refractivity contribution in [2.24, 2.45) is 11.8 Å². The Morgan fingerprint density at radius 3 is 2.69 bits per heavy atom. The lowest BCUT2D eigenvalue weighted by Crippen LogP contribution is -2.37. The Hall–Kier alpha value is -3.00. The number of methoxy groups -OCH3 is 1. The number of carbonyl (C=O) groups is 1. The van der Waals surface area contributed by atoms with Crippen LogP contribution in [0.5, 0.6) is 0 Å². The second kappa shape index (κ2) is 8.86. The Morgan fingerprint density at radius 2 is 1.94 bits per heavy atom. The van der Waals surface area contributed by atoms with Gasteiger partial charge in [0.25, 0.3) is 5.56 Å². The molecule has 1 aliphatic heterocycles. The SMILES string of the molecule is COC(=O)[C@H]1C[C@H](C2CCCCC2)CN1Cc1nc2c(cnn2-c2ccccc2)c(=O)[nH]1. The molecule has 2 atom stereocenters. The van der Waals surface area contributed by atoms with Crippen molar-refractivity contribution in [3.05, 3.63) is 52.7 Å². The summed E-state index contributed by atoms with van der Waals surface area (Å²) in [5.41, 5.74) is 1.15. The van der Waals surface area contributed by atoms with Gasteiger partial charge in [0.15, 0.2) is 5.65 Å². The first-order valence-electron chi connectivity index (χ1n) is 11.5. The summed E-state index contributed by atoms with van der Waals surface area (Å²) in [7, 11) is 1.44. The van der Waals surface area contributed by atoms with Crippen molar-refractivity contribution in [3.8, 4) is 5.69 Å². The summed E-state index contributed by atoms with van der Waals surface area (Å²) in [4.78, 5) is 35.1. The van der Waals surface area contributed by atoms with E-state index in [1.807, 2.05) is 30.3 Å². The highest BCUT2D eigenvalue weighted by molar-refractivity contribution is 5.76. The zero-order valence-corrected chi connectivity index (χ0v) is 18.4. The van der Waals surface area contributed by atoms with Crippen molar-refractivity contribution in [2.45, 2.75) is 51.1 Å². The van der Waals surface area contributed by atoms with Gasteiger partial charge in [-0.25, -0.2) is 9.67 Å². The number of hydrogen-bond acceptors (Lipinski definition) is 6. The molecule has 8 nitrogen and oxygen atoms in total. The van der Waals surface area contributed by atoms with Gasteiger partial charge < -0.3 is 9.72 Å². The topological polar surface area (TPSA) is 93.1 Å². The molecule has 1 saturated heterocycles. The number of carbonyl (C=O) groups excluding carboxylic acids is 1. The minimum atomic E-state index is -0.299. The van der Waals surface area contributed by atoms with Gasteiger partial charge in [0.05, 0.1) is 25.5 Å². The van der Waals surface area contributed by atoms with Crippen LogP contribution < -0.4 is 5.56 Å². The smallest absolute Gasteiger partial charge is 0.323 e. The van der Waals surface area contributed by atoms with Gasteiger partial charge in [0, 0.05) is 6.54 Å². The van der Waals surface area contributed by atoms with E-state index >= 15 is 0 Å². The molecule has 3 heterocycles. The highest BCUT2D eigenvalue weighted by Gasteiger charge is 2.41. The summed E-state index contributed by atoms with van der Waals surface area (Å²) in [5, 5.41) is 4.82. The molecule has 1 saturated carbocycles. The predicted octanol–water partition coefficient (Wildman–Crippen LogP) is 3.05. The number of fused-ring (bicyclic) bond motifs is 1. The summed E-state index contributed by atoms with van der Waals surface area (Å²) in [5.74, 6) is 1.47. The van der Waals surface area contributed by atoms with E-state index in [0.717, 1.165) is 18.7 Å². The van der Waals surface area contributed by atoms with E-state index in [-0.39, 0.29) is 17.6 Å². The predicted molar refractivity (Wildman–Crippen MR) is 120 cm³/mol. The van der Waals surface area contributed by atoms with Crippen LogP contribution in [0.3, 0.4) is 0 Å². The molecule has 5 rings (SSSR count). The van der Waals surface area contributed by atoms with E-state index in [1.54, 1.807) is 10.9 Å². The van der Waals surface area contributed by atoms with Gasteiger partial charge in [-0.05, 0) is 30.4 Å². The highest BCUT2D eigenvalue weighted by atomic mass is 16.5. The average Bonchev–Trinajstić information content (AvgIpc) is 3.45. The lowest BCUT2D eigenvalue weighted by molar-refractivity contribution is -0.146. The Kier molecular flexibility index (Phi) is 5.78. The molecule has 2 aliphatic rings. The number of aromatic nitrogens is 4. The van der Waals surface area contributed by atoms with Gasteiger partial charge >= 0.3 is 5.97 Å². The molecule has 1 aromatic carbocycles. The number of likely N-dealkylation sites (tertiary alicyclic amines) is 1. The van der Waals surface area contributed by atoms with Crippen molar-refractivity contribution in [1.82, 2.24) is 24.6 Å². The first-order valence-corrected chi connectivity index (χ1v) is 11.5. The van der Waals surface area contributed by atoms with Crippen LogP contribution in [0.2, 0.25) is 0 Å². The number of nitrogens with zero attached hydrogens (tertiary/aromatic N) is 4. The summed E-state index contributed by atoms with van der Waals surface area (Å²) < 4.78 is 6.79. The third kappa shape index (κ3) is 3.95. The molecule has 0 unspecified atom stereocenters. The second-order valence-electron chi connectivity index (χ2n) is 9.00. The fourth-order valence-corrected chi connectivity index (χ4v) is 5.43. The van der Waals surface area contributed by atoms with Gasteiger partial charge in [-0.2, -0.15) is 5.10 Å². The summed E-state index contributed by atoms with van der Waals surface area (Å²) in [6.45, 7) is 1.22. The van der Waals surface area contributed by atoms with E-state index in [0.29, 0.717) is 35.2 Å². The van der Waals surface area contributed by atoms with Crippen LogP contribution in [0.25, 0.3) is 16.7 Å². The molecule has 168 valence electrons. The van der Waals surface area contributed by atoms with Crippen molar-refractivity contribution >= 4 is 17.0 Å². The van der Waals surface area contributed by atoms with Crippen LogP contribution in [0, 0.1) is 11.8 Å². The average molecular weight is 436 g/mol. The van der Waals surface area contributed by atoms with Crippen LogP contribution in [0.15, 0.2) is 41.3 Å². The van der Waals surface area contributed by atoms with Gasteiger partial charge in [-0.15, -0.1) is 0 Å². The lowest BCUT2D eigenvalue weighted by Gasteiger charge is -2.27. The number of H-pyrrole nitrogens is 1. The number of benzene rings is 1. The maximum atomic E-state index is 12.7. The fraction of sp³-hybridized carbons (Fsp3) is 0.500. The van der Waals surface area contributed by atoms with E-state index in [9.17, 15) is 9.59 Å². The Bertz CT molecular complexity index is 1150. The number of nitrogens with one attached hydrogen (secondary N) is 1. The molecule has 0 spiro atoms. The standard InChI is InChI=1S/C24H29N5O3/c1-32-24(31)20-12-17(16-8-4-2-5-9-16)14-28(20)15-21-26-22-19(23(30)27-21)13-25-29(22)18-10-6-3-7-11-18/h3,6-7,10-11,13,16-17,20H,2,4-5,8-9,12,14-15H2,1H3,(H,26,27,30)/t17-,20+/m0/s1. The molecule has 3 aromatic rings. The molecule has 8 heteroatoms. The minimum Gasteiger partial charge on any atom is -0.468 e. The third-order valence-electron chi connectivity index (χ3n) is 7.07. The number of rotatable bonds is 5. The van der Waals surface area contributed by atoms with Crippen molar-refractivity contribution < 1.29 is 9.53 Å². The van der Waals surface area contributed by atoms with Crippen LogP contribution in [0.4, 0.5) is 0 Å². The summed E-state index contributed by atoms with van der Waals surface area (Å²) in [6.07, 6.45) is 8.70. The minimum absolute atomic E-state index is 0.207. The number of para-hydroxylation sites is 1. The van der Waals surface area contributed by atoms with E-state index in [4.69, 9.17) is 9.72 Å². The number of hydrogen-bond donors (Lipinski definition) is 1. The zero-order valence-electron chi connectivity index (χ0n) is 18.4.